The molecule has 0 saturated heterocycles. The molecule has 4 heteroatoms. The third-order valence-corrected chi connectivity index (χ3v) is 10.1. The van der Waals surface area contributed by atoms with Crippen molar-refractivity contribution in [2.24, 2.45) is 0 Å². The lowest BCUT2D eigenvalue weighted by Crippen LogP contribution is -2.27. The molecule has 1 aliphatic carbocycles. The quantitative estimate of drug-likeness (QED) is 0.328. The van der Waals surface area contributed by atoms with Crippen LogP contribution in [0.25, 0.3) is 25.1 Å². The van der Waals surface area contributed by atoms with Crippen molar-refractivity contribution in [2.45, 2.75) is 32.5 Å². The number of hydrogen-bond donors (Lipinski definition) is 0. The third-order valence-electron chi connectivity index (χ3n) is 4.58. The summed E-state index contributed by atoms with van der Waals surface area (Å²) in [5, 5.41) is 1.41. The van der Waals surface area contributed by atoms with Crippen molar-refractivity contribution in [3.63, 3.8) is 0 Å². The van der Waals surface area contributed by atoms with Crippen LogP contribution >= 0.6 is 33.8 Å². The first-order valence-corrected chi connectivity index (χ1v) is 12.9. The Morgan fingerprint density at radius 3 is 2.48 bits per heavy atom. The van der Waals surface area contributed by atoms with Gasteiger partial charge in [-0.25, -0.2) is 0 Å². The van der Waals surface area contributed by atoms with E-state index in [1.54, 1.807) is 0 Å². The van der Waals surface area contributed by atoms with Gasteiger partial charge in [-0.15, -0.1) is 22.7 Å². The SMILES string of the molecule is CC1=C(C)C([Si](C)(C)Cl)c2sc3c(sc4ccccc43)c21. The Morgan fingerprint density at radius 2 is 1.76 bits per heavy atom. The van der Waals surface area contributed by atoms with Crippen molar-refractivity contribution in [2.75, 3.05) is 0 Å². The summed E-state index contributed by atoms with van der Waals surface area (Å²) in [5.74, 6) is 0. The molecule has 0 fully saturated rings. The second-order valence-corrected chi connectivity index (χ2v) is 15.1. The molecule has 1 atom stereocenters. The molecule has 1 aromatic carbocycles. The number of thiophene rings is 2. The van der Waals surface area contributed by atoms with Gasteiger partial charge in [0.1, 0.15) is 0 Å². The molecular formula is C17H17ClS2Si. The van der Waals surface area contributed by atoms with E-state index in [1.807, 2.05) is 22.7 Å². The number of hydrogen-bond acceptors (Lipinski definition) is 2. The largest absolute Gasteiger partial charge is 0.167 e. The predicted octanol–water partition coefficient (Wildman–Crippen LogP) is 6.99. The van der Waals surface area contributed by atoms with E-state index >= 15 is 0 Å². The summed E-state index contributed by atoms with van der Waals surface area (Å²) in [6.07, 6.45) is 0. The Hall–Kier alpha value is -0.613. The average Bonchev–Trinajstić information content (AvgIpc) is 2.98. The van der Waals surface area contributed by atoms with Gasteiger partial charge in [0.25, 0.3) is 0 Å². The van der Waals surface area contributed by atoms with E-state index in [0.717, 1.165) is 0 Å². The highest BCUT2D eigenvalue weighted by atomic mass is 35.6. The molecule has 0 spiro atoms. The highest BCUT2D eigenvalue weighted by Crippen LogP contribution is 2.56. The molecule has 1 unspecified atom stereocenters. The summed E-state index contributed by atoms with van der Waals surface area (Å²) in [4.78, 5) is 1.53. The molecular weight excluding hydrogens is 332 g/mol. The van der Waals surface area contributed by atoms with Crippen molar-refractivity contribution >= 4 is 66.2 Å². The summed E-state index contributed by atoms with van der Waals surface area (Å²) in [6.45, 7) is 9.11. The molecule has 108 valence electrons. The van der Waals surface area contributed by atoms with Crippen molar-refractivity contribution in [1.82, 2.24) is 0 Å². The van der Waals surface area contributed by atoms with Gasteiger partial charge < -0.3 is 0 Å². The zero-order valence-corrected chi connectivity index (χ0v) is 16.0. The van der Waals surface area contributed by atoms with Gasteiger partial charge in [-0.05, 0) is 25.5 Å². The molecule has 1 aliphatic rings. The van der Waals surface area contributed by atoms with Gasteiger partial charge >= 0.3 is 0 Å². The van der Waals surface area contributed by atoms with Gasteiger partial charge in [0.15, 0.2) is 7.38 Å². The van der Waals surface area contributed by atoms with Crippen molar-refractivity contribution in [3.8, 4) is 0 Å². The molecule has 0 radical (unpaired) electrons. The lowest BCUT2D eigenvalue weighted by Gasteiger charge is -2.23. The monoisotopic (exact) mass is 348 g/mol. The molecule has 3 aromatic rings. The molecule has 21 heavy (non-hydrogen) atoms. The maximum absolute atomic E-state index is 6.85. The summed E-state index contributed by atoms with van der Waals surface area (Å²) in [6, 6.07) is 8.76. The molecule has 2 heterocycles. The Bertz CT molecular complexity index is 908. The van der Waals surface area contributed by atoms with Gasteiger partial charge in [-0.2, -0.15) is 11.1 Å². The summed E-state index contributed by atoms with van der Waals surface area (Å²) >= 11 is 10.8. The number of halogens is 1. The number of rotatable bonds is 1. The van der Waals surface area contributed by atoms with Crippen LogP contribution < -0.4 is 0 Å². The van der Waals surface area contributed by atoms with Crippen LogP contribution in [-0.4, -0.2) is 7.38 Å². The van der Waals surface area contributed by atoms with Crippen molar-refractivity contribution in [3.05, 3.63) is 40.3 Å². The standard InChI is InChI=1S/C17H17ClS2Si/c1-9-10(2)17(21(3,4)18)16-13(9)15-14(20-16)11-7-5-6-8-12(11)19-15/h5-8,17H,1-4H3. The van der Waals surface area contributed by atoms with Gasteiger partial charge in [-0.3, -0.25) is 0 Å². The normalized spacial score (nSPS) is 19.0. The molecule has 0 saturated carbocycles. The van der Waals surface area contributed by atoms with E-state index in [0.29, 0.717) is 5.54 Å². The zero-order chi connectivity index (χ0) is 14.9. The molecule has 4 rings (SSSR count). The van der Waals surface area contributed by atoms with Crippen molar-refractivity contribution in [1.29, 1.82) is 0 Å². The van der Waals surface area contributed by atoms with Gasteiger partial charge in [-0.1, -0.05) is 36.9 Å². The van der Waals surface area contributed by atoms with Gasteiger partial charge in [0, 0.05) is 26.1 Å². The molecule has 2 aromatic heterocycles. The lowest BCUT2D eigenvalue weighted by atomic mass is 10.1. The van der Waals surface area contributed by atoms with Crippen LogP contribution in [-0.2, 0) is 0 Å². The Kier molecular flexibility index (Phi) is 2.97. The second kappa shape index (κ2) is 4.45. The fourth-order valence-corrected chi connectivity index (χ4v) is 10.6. The second-order valence-electron chi connectivity index (χ2n) is 6.40. The maximum atomic E-state index is 6.85. The average molecular weight is 349 g/mol. The summed E-state index contributed by atoms with van der Waals surface area (Å²) in [5.41, 5.74) is 4.95. The van der Waals surface area contributed by atoms with Crippen LogP contribution in [0.4, 0.5) is 0 Å². The van der Waals surface area contributed by atoms with Crippen LogP contribution in [0.15, 0.2) is 29.8 Å². The minimum absolute atomic E-state index is 0.484. The van der Waals surface area contributed by atoms with Crippen LogP contribution in [0.2, 0.25) is 13.1 Å². The van der Waals surface area contributed by atoms with Gasteiger partial charge in [0.2, 0.25) is 0 Å². The highest BCUT2D eigenvalue weighted by molar-refractivity contribution is 7.34. The maximum Gasteiger partial charge on any atom is 0.162 e. The first-order valence-electron chi connectivity index (χ1n) is 7.20. The predicted molar refractivity (Wildman–Crippen MR) is 102 cm³/mol. The van der Waals surface area contributed by atoms with Crippen LogP contribution in [0, 0.1) is 0 Å². The third kappa shape index (κ3) is 1.84. The molecule has 0 N–H and O–H groups in total. The molecule has 0 amide bonds. The summed E-state index contributed by atoms with van der Waals surface area (Å²) in [7, 11) is -1.75. The smallest absolute Gasteiger partial charge is 0.162 e. The Labute approximate surface area is 138 Å². The minimum atomic E-state index is -1.75. The fourth-order valence-electron chi connectivity index (χ4n) is 3.56. The van der Waals surface area contributed by atoms with Crippen molar-refractivity contribution < 1.29 is 0 Å². The minimum Gasteiger partial charge on any atom is -0.167 e. The fraction of sp³-hybridized carbons (Fsp3) is 0.294. The van der Waals surface area contributed by atoms with E-state index in [2.05, 4.69) is 51.2 Å². The highest BCUT2D eigenvalue weighted by Gasteiger charge is 2.41. The van der Waals surface area contributed by atoms with Crippen LogP contribution in [0.3, 0.4) is 0 Å². The first-order chi connectivity index (χ1) is 9.89. The van der Waals surface area contributed by atoms with E-state index in [-0.39, 0.29) is 0 Å². The Balaban J connectivity index is 2.10. The topological polar surface area (TPSA) is 0 Å². The van der Waals surface area contributed by atoms with E-state index in [4.69, 9.17) is 11.1 Å². The van der Waals surface area contributed by atoms with E-state index in [9.17, 15) is 0 Å². The van der Waals surface area contributed by atoms with E-state index < -0.39 is 7.38 Å². The number of benzene rings is 1. The molecule has 0 aliphatic heterocycles. The van der Waals surface area contributed by atoms with E-state index in [1.165, 1.54) is 41.1 Å². The first kappa shape index (κ1) is 14.0. The summed E-state index contributed by atoms with van der Waals surface area (Å²) < 4.78 is 4.34. The van der Waals surface area contributed by atoms with Gasteiger partial charge in [0.05, 0.1) is 9.40 Å². The molecule has 0 bridgehead atoms. The number of allylic oxidation sites excluding steroid dienone is 2. The van der Waals surface area contributed by atoms with Crippen LogP contribution in [0.5, 0.6) is 0 Å². The molecule has 0 nitrogen and oxygen atoms in total. The lowest BCUT2D eigenvalue weighted by molar-refractivity contribution is 1.12. The Morgan fingerprint density at radius 1 is 1.05 bits per heavy atom. The van der Waals surface area contributed by atoms with Crippen LogP contribution in [0.1, 0.15) is 29.8 Å². The number of fused-ring (bicyclic) bond motifs is 5. The zero-order valence-electron chi connectivity index (χ0n) is 12.6.